The van der Waals surface area contributed by atoms with Gasteiger partial charge in [0, 0.05) is 10.0 Å². The second-order valence-corrected chi connectivity index (χ2v) is 4.18. The number of hydrogen-bond donors (Lipinski definition) is 0. The molecule has 0 saturated heterocycles. The highest BCUT2D eigenvalue weighted by Crippen LogP contribution is 2.16. The van der Waals surface area contributed by atoms with E-state index in [-0.39, 0.29) is 11.9 Å². The molecule has 0 spiro atoms. The van der Waals surface area contributed by atoms with E-state index >= 15 is 0 Å². The summed E-state index contributed by atoms with van der Waals surface area (Å²) >= 11 is 3.21. The van der Waals surface area contributed by atoms with Gasteiger partial charge in [-0.3, -0.25) is 0 Å². The van der Waals surface area contributed by atoms with E-state index < -0.39 is 0 Å². The number of ether oxygens (including phenoxy) is 1. The van der Waals surface area contributed by atoms with E-state index in [1.54, 1.807) is 6.07 Å². The van der Waals surface area contributed by atoms with Crippen molar-refractivity contribution in [1.82, 2.24) is 0 Å². The summed E-state index contributed by atoms with van der Waals surface area (Å²) in [6.07, 6.45) is 1.12. The summed E-state index contributed by atoms with van der Waals surface area (Å²) in [6, 6.07) is 5.01. The first-order valence-corrected chi connectivity index (χ1v) is 5.48. The van der Waals surface area contributed by atoms with Crippen LogP contribution in [0.2, 0.25) is 0 Å². The maximum absolute atomic E-state index is 13.3. The van der Waals surface area contributed by atoms with Gasteiger partial charge in [0.25, 0.3) is 0 Å². The monoisotopic (exact) mass is 260 g/mol. The van der Waals surface area contributed by atoms with Crippen molar-refractivity contribution >= 4 is 15.9 Å². The van der Waals surface area contributed by atoms with Gasteiger partial charge in [-0.15, -0.1) is 0 Å². The Morgan fingerprint density at radius 3 is 2.79 bits per heavy atom. The third-order valence-corrected chi connectivity index (χ3v) is 2.61. The Labute approximate surface area is 92.4 Å². The molecule has 14 heavy (non-hydrogen) atoms. The highest BCUT2D eigenvalue weighted by atomic mass is 79.9. The van der Waals surface area contributed by atoms with Crippen LogP contribution in [0.4, 0.5) is 4.39 Å². The Bertz CT molecular complexity index is 301. The van der Waals surface area contributed by atoms with E-state index in [1.807, 2.05) is 19.9 Å². The Morgan fingerprint density at radius 1 is 1.50 bits per heavy atom. The number of halogens is 2. The van der Waals surface area contributed by atoms with Crippen molar-refractivity contribution in [2.24, 2.45) is 0 Å². The molecule has 1 nitrogen and oxygen atoms in total. The molecular formula is C11H14BrFO. The first-order valence-electron chi connectivity index (χ1n) is 4.69. The minimum absolute atomic E-state index is 0.179. The van der Waals surface area contributed by atoms with Crippen LogP contribution in [0, 0.1) is 5.82 Å². The van der Waals surface area contributed by atoms with Gasteiger partial charge in [0.15, 0.2) is 0 Å². The van der Waals surface area contributed by atoms with Gasteiger partial charge in [0.1, 0.15) is 5.82 Å². The van der Waals surface area contributed by atoms with Gasteiger partial charge in [0.05, 0.1) is 12.7 Å². The fourth-order valence-corrected chi connectivity index (χ4v) is 1.32. The number of rotatable bonds is 4. The van der Waals surface area contributed by atoms with Crippen LogP contribution in [0.5, 0.6) is 0 Å². The molecule has 1 aromatic carbocycles. The molecule has 0 saturated carbocycles. The molecule has 78 valence electrons. The molecule has 0 amide bonds. The van der Waals surface area contributed by atoms with Crippen LogP contribution in [0.25, 0.3) is 0 Å². The number of hydrogen-bond acceptors (Lipinski definition) is 1. The zero-order chi connectivity index (χ0) is 10.6. The van der Waals surface area contributed by atoms with Gasteiger partial charge in [-0.05, 0) is 25.5 Å². The molecule has 1 atom stereocenters. The van der Waals surface area contributed by atoms with E-state index in [4.69, 9.17) is 4.74 Å². The maximum Gasteiger partial charge on any atom is 0.129 e. The molecule has 0 heterocycles. The zero-order valence-electron chi connectivity index (χ0n) is 8.39. The van der Waals surface area contributed by atoms with Gasteiger partial charge in [-0.25, -0.2) is 4.39 Å². The lowest BCUT2D eigenvalue weighted by atomic mass is 10.2. The first-order chi connectivity index (χ1) is 6.63. The van der Waals surface area contributed by atoms with Gasteiger partial charge in [-0.1, -0.05) is 28.9 Å². The van der Waals surface area contributed by atoms with Crippen molar-refractivity contribution in [3.63, 3.8) is 0 Å². The van der Waals surface area contributed by atoms with Crippen molar-refractivity contribution < 1.29 is 9.13 Å². The van der Waals surface area contributed by atoms with Crippen LogP contribution < -0.4 is 0 Å². The Balaban J connectivity index is 2.59. The lowest BCUT2D eigenvalue weighted by Gasteiger charge is -2.10. The van der Waals surface area contributed by atoms with Gasteiger partial charge < -0.3 is 4.74 Å². The summed E-state index contributed by atoms with van der Waals surface area (Å²) in [5, 5.41) is 0. The molecule has 0 bridgehead atoms. The lowest BCUT2D eigenvalue weighted by Crippen LogP contribution is -2.07. The van der Waals surface area contributed by atoms with Crippen LogP contribution >= 0.6 is 15.9 Å². The molecule has 0 N–H and O–H groups in total. The summed E-state index contributed by atoms with van der Waals surface area (Å²) in [5.41, 5.74) is 0.605. The molecule has 1 unspecified atom stereocenters. The van der Waals surface area contributed by atoms with Crippen LogP contribution in [-0.4, -0.2) is 6.10 Å². The molecule has 3 heteroatoms. The summed E-state index contributed by atoms with van der Waals surface area (Å²) in [5.74, 6) is -0.220. The molecule has 0 radical (unpaired) electrons. The molecule has 0 fully saturated rings. The topological polar surface area (TPSA) is 9.23 Å². The molecule has 0 aromatic heterocycles. The summed E-state index contributed by atoms with van der Waals surface area (Å²) in [4.78, 5) is 0. The Hall–Kier alpha value is -0.410. The summed E-state index contributed by atoms with van der Waals surface area (Å²) in [6.45, 7) is 4.37. The normalized spacial score (nSPS) is 12.9. The zero-order valence-corrected chi connectivity index (χ0v) is 9.97. The minimum Gasteiger partial charge on any atom is -0.374 e. The second-order valence-electron chi connectivity index (χ2n) is 3.27. The Kier molecular flexibility index (Phi) is 4.55. The molecule has 0 aliphatic rings. The predicted molar refractivity (Wildman–Crippen MR) is 58.6 cm³/mol. The van der Waals surface area contributed by atoms with Crippen LogP contribution in [0.1, 0.15) is 25.8 Å². The maximum atomic E-state index is 13.3. The van der Waals surface area contributed by atoms with Crippen molar-refractivity contribution in [2.75, 3.05) is 0 Å². The van der Waals surface area contributed by atoms with Crippen LogP contribution in [0.15, 0.2) is 22.7 Å². The smallest absolute Gasteiger partial charge is 0.129 e. The van der Waals surface area contributed by atoms with Crippen LogP contribution in [0.3, 0.4) is 0 Å². The predicted octanol–water partition coefficient (Wildman–Crippen LogP) is 3.90. The highest BCUT2D eigenvalue weighted by molar-refractivity contribution is 9.10. The third-order valence-electron chi connectivity index (χ3n) is 2.11. The quantitative estimate of drug-likeness (QED) is 0.798. The van der Waals surface area contributed by atoms with Crippen LogP contribution in [-0.2, 0) is 11.3 Å². The number of benzene rings is 1. The largest absolute Gasteiger partial charge is 0.374 e. The highest BCUT2D eigenvalue weighted by Gasteiger charge is 2.04. The van der Waals surface area contributed by atoms with Crippen molar-refractivity contribution in [3.8, 4) is 0 Å². The van der Waals surface area contributed by atoms with Gasteiger partial charge in [-0.2, -0.15) is 0 Å². The fourth-order valence-electron chi connectivity index (χ4n) is 0.989. The molecule has 1 rings (SSSR count). The van der Waals surface area contributed by atoms with E-state index in [0.717, 1.165) is 10.9 Å². The third kappa shape index (κ3) is 3.39. The SMILES string of the molecule is CCC(C)OCc1ccc(Br)cc1F. The van der Waals surface area contributed by atoms with Crippen molar-refractivity contribution in [1.29, 1.82) is 0 Å². The van der Waals surface area contributed by atoms with Crippen molar-refractivity contribution in [2.45, 2.75) is 33.0 Å². The van der Waals surface area contributed by atoms with Gasteiger partial charge >= 0.3 is 0 Å². The summed E-state index contributed by atoms with van der Waals surface area (Å²) in [7, 11) is 0. The Morgan fingerprint density at radius 2 is 2.21 bits per heavy atom. The van der Waals surface area contributed by atoms with E-state index in [9.17, 15) is 4.39 Å². The van der Waals surface area contributed by atoms with Gasteiger partial charge in [0.2, 0.25) is 0 Å². The van der Waals surface area contributed by atoms with E-state index in [0.29, 0.717) is 12.2 Å². The first kappa shape index (κ1) is 11.7. The molecular weight excluding hydrogens is 247 g/mol. The molecule has 0 aliphatic carbocycles. The fraction of sp³-hybridized carbons (Fsp3) is 0.455. The minimum atomic E-state index is -0.220. The molecule has 1 aromatic rings. The average molecular weight is 261 g/mol. The summed E-state index contributed by atoms with van der Waals surface area (Å²) < 4.78 is 19.5. The average Bonchev–Trinajstić information content (AvgIpc) is 2.16. The van der Waals surface area contributed by atoms with E-state index in [2.05, 4.69) is 15.9 Å². The lowest BCUT2D eigenvalue weighted by molar-refractivity contribution is 0.0492. The van der Waals surface area contributed by atoms with E-state index in [1.165, 1.54) is 6.07 Å². The molecule has 0 aliphatic heterocycles. The second kappa shape index (κ2) is 5.47. The van der Waals surface area contributed by atoms with Crippen molar-refractivity contribution in [3.05, 3.63) is 34.1 Å². The standard InChI is InChI=1S/C11H14BrFO/c1-3-8(2)14-7-9-4-5-10(12)6-11(9)13/h4-6,8H,3,7H2,1-2H3.